The minimum absolute atomic E-state index is 0.187. The molecule has 0 aliphatic rings. The second kappa shape index (κ2) is 11.6. The van der Waals surface area contributed by atoms with E-state index in [-0.39, 0.29) is 12.2 Å². The Balaban J connectivity index is 0.000000250. The van der Waals surface area contributed by atoms with Crippen molar-refractivity contribution in [2.45, 2.75) is 26.7 Å². The number of hydrogen-bond donors (Lipinski definition) is 0. The van der Waals surface area contributed by atoms with Crippen LogP contribution >= 0.6 is 0 Å². The fraction of sp³-hybridized carbons (Fsp3) is 0.238. The summed E-state index contributed by atoms with van der Waals surface area (Å²) in [5.74, 6) is -0.708. The summed E-state index contributed by atoms with van der Waals surface area (Å²) < 4.78 is 8.72. The average molecular weight is 340 g/mol. The summed E-state index contributed by atoms with van der Waals surface area (Å²) in [5, 5.41) is 0. The monoisotopic (exact) mass is 340 g/mol. The Morgan fingerprint density at radius 3 is 1.76 bits per heavy atom. The van der Waals surface area contributed by atoms with Gasteiger partial charge in [-0.25, -0.2) is 9.59 Å². The molecule has 2 rings (SSSR count). The molecular weight excluding hydrogens is 316 g/mol. The van der Waals surface area contributed by atoms with Gasteiger partial charge >= 0.3 is 12.1 Å². The van der Waals surface area contributed by atoms with Crippen molar-refractivity contribution in [3.8, 4) is 11.1 Å². The van der Waals surface area contributed by atoms with Gasteiger partial charge in [-0.1, -0.05) is 80.6 Å². The Hall–Kier alpha value is -2.88. The average Bonchev–Trinajstić information content (AvgIpc) is 2.64. The maximum Gasteiger partial charge on any atom is 0.516 e. The van der Waals surface area contributed by atoms with Crippen LogP contribution in [0, 0.1) is 0 Å². The van der Waals surface area contributed by atoms with E-state index in [2.05, 4.69) is 64.6 Å². The largest absolute Gasteiger partial charge is 0.516 e. The summed E-state index contributed by atoms with van der Waals surface area (Å²) in [4.78, 5) is 21.7. The number of carbonyl (C=O) groups excluding carboxylic acids is 2. The van der Waals surface area contributed by atoms with E-state index in [1.165, 1.54) is 11.1 Å². The zero-order valence-corrected chi connectivity index (χ0v) is 14.7. The normalized spacial score (nSPS) is 9.36. The number of carbonyl (C=O) groups is 2. The van der Waals surface area contributed by atoms with Crippen molar-refractivity contribution in [1.29, 1.82) is 0 Å². The summed E-state index contributed by atoms with van der Waals surface area (Å²) in [6, 6.07) is 20.8. The predicted octanol–water partition coefficient (Wildman–Crippen LogP) is 5.40. The summed E-state index contributed by atoms with van der Waals surface area (Å²) in [5.41, 5.74) is 2.84. The van der Waals surface area contributed by atoms with Gasteiger partial charge in [0.2, 0.25) is 0 Å². The van der Waals surface area contributed by atoms with E-state index in [9.17, 15) is 9.59 Å². The molecular formula is C21H24O4. The zero-order chi connectivity index (χ0) is 18.5. The topological polar surface area (TPSA) is 52.6 Å². The molecule has 0 saturated heterocycles. The first-order valence-corrected chi connectivity index (χ1v) is 8.25. The molecule has 2 aromatic rings. The molecule has 0 fully saturated rings. The highest BCUT2D eigenvalue weighted by atomic mass is 16.7. The van der Waals surface area contributed by atoms with Crippen molar-refractivity contribution in [3.63, 3.8) is 0 Å². The van der Waals surface area contributed by atoms with Gasteiger partial charge in [0.05, 0.1) is 6.61 Å². The second-order valence-corrected chi connectivity index (χ2v) is 5.16. The van der Waals surface area contributed by atoms with E-state index in [0.717, 1.165) is 6.42 Å². The molecule has 4 nitrogen and oxygen atoms in total. The van der Waals surface area contributed by atoms with Crippen molar-refractivity contribution < 1.29 is 19.1 Å². The van der Waals surface area contributed by atoms with Gasteiger partial charge in [-0.2, -0.15) is 0 Å². The molecule has 0 unspecified atom stereocenters. The highest BCUT2D eigenvalue weighted by Crippen LogP contribution is 2.17. The van der Waals surface area contributed by atoms with Crippen molar-refractivity contribution in [2.75, 3.05) is 6.61 Å². The first-order chi connectivity index (χ1) is 12.1. The third kappa shape index (κ3) is 7.97. The Bertz CT molecular complexity index is 625. The first kappa shape index (κ1) is 20.2. The van der Waals surface area contributed by atoms with Crippen LogP contribution < -0.4 is 0 Å². The fourth-order valence-electron chi connectivity index (χ4n) is 1.96. The van der Waals surface area contributed by atoms with Crippen molar-refractivity contribution in [2.24, 2.45) is 0 Å². The lowest BCUT2D eigenvalue weighted by Crippen LogP contribution is -2.14. The molecule has 0 amide bonds. The Morgan fingerprint density at radius 1 is 0.880 bits per heavy atom. The summed E-state index contributed by atoms with van der Waals surface area (Å²) in [6.07, 6.45) is 0.347. The molecule has 0 aliphatic heterocycles. The Kier molecular flexibility index (Phi) is 9.38. The minimum atomic E-state index is -0.968. The van der Waals surface area contributed by atoms with Gasteiger partial charge in [0, 0.05) is 5.57 Å². The maximum absolute atomic E-state index is 11.0. The lowest BCUT2D eigenvalue weighted by molar-refractivity contribution is -0.135. The van der Waals surface area contributed by atoms with Gasteiger partial charge in [0.15, 0.2) is 0 Å². The third-order valence-corrected chi connectivity index (χ3v) is 3.16. The van der Waals surface area contributed by atoms with Crippen LogP contribution in [0.15, 0.2) is 72.8 Å². The maximum atomic E-state index is 11.0. The number of hydrogen-bond acceptors (Lipinski definition) is 4. The molecule has 132 valence electrons. The van der Waals surface area contributed by atoms with E-state index in [4.69, 9.17) is 0 Å². The van der Waals surface area contributed by atoms with Crippen LogP contribution in [0.5, 0.6) is 0 Å². The van der Waals surface area contributed by atoms with E-state index in [1.807, 2.05) is 19.1 Å². The van der Waals surface area contributed by atoms with Gasteiger partial charge in [-0.3, -0.25) is 0 Å². The first-order valence-electron chi connectivity index (χ1n) is 8.25. The zero-order valence-electron chi connectivity index (χ0n) is 14.7. The molecule has 2 aromatic carbocycles. The molecule has 0 N–H and O–H groups in total. The number of esters is 1. The summed E-state index contributed by atoms with van der Waals surface area (Å²) in [6.45, 7) is 7.20. The highest BCUT2D eigenvalue weighted by Gasteiger charge is 2.13. The number of benzene rings is 2. The second-order valence-electron chi connectivity index (χ2n) is 5.16. The van der Waals surface area contributed by atoms with Crippen LogP contribution in [0.2, 0.25) is 0 Å². The van der Waals surface area contributed by atoms with Gasteiger partial charge < -0.3 is 9.47 Å². The fourth-order valence-corrected chi connectivity index (χ4v) is 1.96. The molecule has 4 heteroatoms. The van der Waals surface area contributed by atoms with Crippen molar-refractivity contribution in [3.05, 3.63) is 72.8 Å². The molecule has 0 heterocycles. The standard InChI is InChI=1S/C12H10.C9H14O4/c1-3-7-11(8-4-1)12-9-5-2-6-10-12;1-4-6-7(3)8(10)13-9(11)12-5-2/h1-10H;3-6H2,1-2H3. The smallest absolute Gasteiger partial charge is 0.434 e. The molecule has 0 spiro atoms. The highest BCUT2D eigenvalue weighted by molar-refractivity contribution is 5.93. The van der Waals surface area contributed by atoms with Gasteiger partial charge in [0.25, 0.3) is 0 Å². The molecule has 25 heavy (non-hydrogen) atoms. The van der Waals surface area contributed by atoms with E-state index in [1.54, 1.807) is 6.92 Å². The van der Waals surface area contributed by atoms with Crippen molar-refractivity contribution >= 4 is 12.1 Å². The van der Waals surface area contributed by atoms with Crippen LogP contribution in [0.4, 0.5) is 4.79 Å². The van der Waals surface area contributed by atoms with Crippen LogP contribution in [0.1, 0.15) is 26.7 Å². The molecule has 0 aliphatic carbocycles. The van der Waals surface area contributed by atoms with Crippen LogP contribution in [0.25, 0.3) is 11.1 Å². The molecule has 0 bridgehead atoms. The van der Waals surface area contributed by atoms with Gasteiger partial charge in [-0.15, -0.1) is 0 Å². The van der Waals surface area contributed by atoms with E-state index >= 15 is 0 Å². The summed E-state index contributed by atoms with van der Waals surface area (Å²) in [7, 11) is 0. The summed E-state index contributed by atoms with van der Waals surface area (Å²) >= 11 is 0. The Labute approximate surface area is 149 Å². The molecule has 0 aromatic heterocycles. The molecule has 0 atom stereocenters. The number of rotatable bonds is 5. The van der Waals surface area contributed by atoms with E-state index in [0.29, 0.717) is 6.42 Å². The minimum Gasteiger partial charge on any atom is -0.434 e. The number of ether oxygens (including phenoxy) is 2. The third-order valence-electron chi connectivity index (χ3n) is 3.16. The van der Waals surface area contributed by atoms with E-state index < -0.39 is 12.1 Å². The van der Waals surface area contributed by atoms with Crippen molar-refractivity contribution in [1.82, 2.24) is 0 Å². The predicted molar refractivity (Wildman–Crippen MR) is 99.0 cm³/mol. The molecule has 0 saturated carbocycles. The quantitative estimate of drug-likeness (QED) is 0.416. The molecule has 0 radical (unpaired) electrons. The SMILES string of the molecule is C=C(CCC)C(=O)OC(=O)OCC.c1ccc(-c2ccccc2)cc1. The van der Waals surface area contributed by atoms with Crippen LogP contribution in [-0.2, 0) is 14.3 Å². The van der Waals surface area contributed by atoms with Crippen LogP contribution in [-0.4, -0.2) is 18.7 Å². The van der Waals surface area contributed by atoms with Gasteiger partial charge in [-0.05, 0) is 24.5 Å². The lowest BCUT2D eigenvalue weighted by Gasteiger charge is -2.03. The Morgan fingerprint density at radius 2 is 1.36 bits per heavy atom. The van der Waals surface area contributed by atoms with Crippen LogP contribution in [0.3, 0.4) is 0 Å². The lowest BCUT2D eigenvalue weighted by atomic mass is 10.1. The van der Waals surface area contributed by atoms with Gasteiger partial charge in [0.1, 0.15) is 0 Å².